The number of benzene rings is 2. The van der Waals surface area contributed by atoms with Crippen LogP contribution in [0.3, 0.4) is 0 Å². The fourth-order valence-electron chi connectivity index (χ4n) is 3.02. The number of para-hydroxylation sites is 1. The van der Waals surface area contributed by atoms with Crippen molar-refractivity contribution in [2.24, 2.45) is 0 Å². The Morgan fingerprint density at radius 1 is 1.14 bits per heavy atom. The molecular weight excluding hydrogens is 370 g/mol. The van der Waals surface area contributed by atoms with E-state index in [1.165, 1.54) is 0 Å². The summed E-state index contributed by atoms with van der Waals surface area (Å²) in [4.78, 5) is 36.7. The molecule has 0 radical (unpaired) electrons. The van der Waals surface area contributed by atoms with E-state index >= 15 is 0 Å². The number of anilines is 1. The summed E-state index contributed by atoms with van der Waals surface area (Å²) in [5.41, 5.74) is 2.58. The zero-order chi connectivity index (χ0) is 21.0. The summed E-state index contributed by atoms with van der Waals surface area (Å²) < 4.78 is 10.5. The molecule has 0 fully saturated rings. The first-order chi connectivity index (χ1) is 13.9. The first kappa shape index (κ1) is 20.3. The van der Waals surface area contributed by atoms with Gasteiger partial charge in [-0.25, -0.2) is 4.79 Å². The number of fused-ring (bicyclic) bond motifs is 1. The Labute approximate surface area is 168 Å². The van der Waals surface area contributed by atoms with E-state index in [4.69, 9.17) is 9.15 Å². The Bertz CT molecular complexity index is 1120. The zero-order valence-corrected chi connectivity index (χ0v) is 16.7. The fourth-order valence-corrected chi connectivity index (χ4v) is 3.02. The van der Waals surface area contributed by atoms with E-state index in [1.807, 2.05) is 31.2 Å². The molecule has 3 rings (SSSR count). The molecular formula is C23H23NO5. The Morgan fingerprint density at radius 3 is 2.66 bits per heavy atom. The van der Waals surface area contributed by atoms with Crippen molar-refractivity contribution >= 4 is 28.5 Å². The summed E-state index contributed by atoms with van der Waals surface area (Å²) in [7, 11) is 0. The van der Waals surface area contributed by atoms with E-state index in [0.717, 1.165) is 23.6 Å². The molecule has 0 aliphatic rings. The number of hydrogen-bond donors (Lipinski definition) is 1. The molecule has 1 N–H and O–H groups in total. The third kappa shape index (κ3) is 4.71. The van der Waals surface area contributed by atoms with Gasteiger partial charge in [0.25, 0.3) is 5.91 Å². The molecule has 0 aliphatic heterocycles. The molecule has 0 saturated carbocycles. The maximum atomic E-state index is 12.3. The molecule has 150 valence electrons. The van der Waals surface area contributed by atoms with Crippen molar-refractivity contribution in [2.45, 2.75) is 33.1 Å². The highest BCUT2D eigenvalue weighted by molar-refractivity contribution is 5.95. The zero-order valence-electron chi connectivity index (χ0n) is 16.7. The number of nitrogens with one attached hydrogen (secondary N) is 1. The van der Waals surface area contributed by atoms with Gasteiger partial charge in [0.05, 0.1) is 5.39 Å². The quantitative estimate of drug-likeness (QED) is 0.627. The molecule has 3 aromatic rings. The van der Waals surface area contributed by atoms with Crippen LogP contribution >= 0.6 is 0 Å². The molecule has 0 spiro atoms. The number of aryl methyl sites for hydroxylation is 1. The predicted molar refractivity (Wildman–Crippen MR) is 111 cm³/mol. The topological polar surface area (TPSA) is 85.6 Å². The van der Waals surface area contributed by atoms with Crippen LogP contribution in [0.15, 0.2) is 57.7 Å². The number of esters is 1. The lowest BCUT2D eigenvalue weighted by atomic mass is 9.97. The van der Waals surface area contributed by atoms with Crippen molar-refractivity contribution in [1.29, 1.82) is 0 Å². The van der Waals surface area contributed by atoms with E-state index < -0.39 is 18.5 Å². The molecule has 1 aromatic heterocycles. The van der Waals surface area contributed by atoms with Gasteiger partial charge in [-0.15, -0.1) is 0 Å². The third-order valence-corrected chi connectivity index (χ3v) is 4.80. The number of hydrogen-bond acceptors (Lipinski definition) is 5. The van der Waals surface area contributed by atoms with Crippen molar-refractivity contribution in [2.75, 3.05) is 11.9 Å². The van der Waals surface area contributed by atoms with Gasteiger partial charge >= 0.3 is 5.97 Å². The normalized spacial score (nSPS) is 11.8. The van der Waals surface area contributed by atoms with Gasteiger partial charge in [0, 0.05) is 11.8 Å². The fraction of sp³-hybridized carbons (Fsp3) is 0.261. The van der Waals surface area contributed by atoms with Gasteiger partial charge in [0.2, 0.25) is 5.76 Å². The van der Waals surface area contributed by atoms with Crippen LogP contribution in [-0.2, 0) is 9.53 Å². The minimum Gasteiger partial charge on any atom is -0.450 e. The number of carbonyl (C=O) groups excluding carboxylic acids is 2. The Hall–Kier alpha value is -3.41. The van der Waals surface area contributed by atoms with Crippen LogP contribution in [0.5, 0.6) is 0 Å². The van der Waals surface area contributed by atoms with E-state index in [-0.39, 0.29) is 17.1 Å². The van der Waals surface area contributed by atoms with Crippen molar-refractivity contribution in [3.05, 3.63) is 75.6 Å². The van der Waals surface area contributed by atoms with Crippen LogP contribution in [0.4, 0.5) is 5.69 Å². The molecule has 1 atom stereocenters. The van der Waals surface area contributed by atoms with E-state index in [2.05, 4.69) is 19.2 Å². The average Bonchev–Trinajstić information content (AvgIpc) is 2.72. The van der Waals surface area contributed by atoms with Gasteiger partial charge in [-0.1, -0.05) is 43.7 Å². The third-order valence-electron chi connectivity index (χ3n) is 4.80. The number of carbonyl (C=O) groups is 2. The first-order valence-electron chi connectivity index (χ1n) is 9.49. The Morgan fingerprint density at radius 2 is 1.90 bits per heavy atom. The minimum atomic E-state index is -0.866. The molecule has 1 amide bonds. The van der Waals surface area contributed by atoms with Crippen molar-refractivity contribution < 1.29 is 18.7 Å². The summed E-state index contributed by atoms with van der Waals surface area (Å²) in [5.74, 6) is -1.29. The molecule has 0 unspecified atom stereocenters. The van der Waals surface area contributed by atoms with Gasteiger partial charge in [0.1, 0.15) is 5.58 Å². The van der Waals surface area contributed by atoms with Crippen LogP contribution in [-0.4, -0.2) is 18.5 Å². The smallest absolute Gasteiger partial charge is 0.374 e. The van der Waals surface area contributed by atoms with Gasteiger partial charge < -0.3 is 14.5 Å². The second-order valence-corrected chi connectivity index (χ2v) is 7.00. The lowest BCUT2D eigenvalue weighted by Crippen LogP contribution is -2.22. The molecule has 0 aliphatic carbocycles. The van der Waals surface area contributed by atoms with Crippen molar-refractivity contribution in [3.63, 3.8) is 0 Å². The molecule has 29 heavy (non-hydrogen) atoms. The molecule has 6 heteroatoms. The van der Waals surface area contributed by atoms with E-state index in [1.54, 1.807) is 18.2 Å². The minimum absolute atomic E-state index is 0.237. The molecule has 6 nitrogen and oxygen atoms in total. The number of rotatable bonds is 6. The second-order valence-electron chi connectivity index (χ2n) is 7.00. The van der Waals surface area contributed by atoms with Crippen LogP contribution in [0.1, 0.15) is 47.9 Å². The molecule has 0 saturated heterocycles. The highest BCUT2D eigenvalue weighted by Crippen LogP contribution is 2.26. The molecule has 0 bridgehead atoms. The average molecular weight is 393 g/mol. The standard InChI is InChI=1S/C23H23NO5/c1-4-15(3)16-7-5-6-8-18(16)24-22(26)13-28-23(27)21-12-19(25)17-11-14(2)9-10-20(17)29-21/h5-12,15H,4,13H2,1-3H3,(H,24,26)/t15-/m1/s1. The highest BCUT2D eigenvalue weighted by atomic mass is 16.5. The maximum Gasteiger partial charge on any atom is 0.374 e. The predicted octanol–water partition coefficient (Wildman–Crippen LogP) is 4.41. The first-order valence-corrected chi connectivity index (χ1v) is 9.49. The summed E-state index contributed by atoms with van der Waals surface area (Å²) >= 11 is 0. The summed E-state index contributed by atoms with van der Waals surface area (Å²) in [6.45, 7) is 5.53. The SMILES string of the molecule is CC[C@@H](C)c1ccccc1NC(=O)COC(=O)c1cc(=O)c2cc(C)ccc2o1. The number of amides is 1. The monoisotopic (exact) mass is 393 g/mol. The van der Waals surface area contributed by atoms with Crippen molar-refractivity contribution in [3.8, 4) is 0 Å². The van der Waals surface area contributed by atoms with Gasteiger partial charge in [-0.05, 0) is 43.0 Å². The van der Waals surface area contributed by atoms with Crippen molar-refractivity contribution in [1.82, 2.24) is 0 Å². The molecule has 2 aromatic carbocycles. The summed E-state index contributed by atoms with van der Waals surface area (Å²) in [6, 6.07) is 13.7. The van der Waals surface area contributed by atoms with E-state index in [0.29, 0.717) is 16.7 Å². The van der Waals surface area contributed by atoms with Crippen LogP contribution < -0.4 is 10.7 Å². The number of ether oxygens (including phenoxy) is 1. The lowest BCUT2D eigenvalue weighted by Gasteiger charge is -2.15. The van der Waals surface area contributed by atoms with Crippen LogP contribution in [0.2, 0.25) is 0 Å². The lowest BCUT2D eigenvalue weighted by molar-refractivity contribution is -0.119. The highest BCUT2D eigenvalue weighted by Gasteiger charge is 2.17. The molecule has 1 heterocycles. The van der Waals surface area contributed by atoms with Gasteiger partial charge in [-0.2, -0.15) is 0 Å². The summed E-state index contributed by atoms with van der Waals surface area (Å²) in [5, 5.41) is 3.16. The van der Waals surface area contributed by atoms with Crippen LogP contribution in [0, 0.1) is 6.92 Å². The largest absolute Gasteiger partial charge is 0.450 e. The Balaban J connectivity index is 1.68. The van der Waals surface area contributed by atoms with Gasteiger partial charge in [-0.3, -0.25) is 9.59 Å². The van der Waals surface area contributed by atoms with Gasteiger partial charge in [0.15, 0.2) is 12.0 Å². The maximum absolute atomic E-state index is 12.3. The second kappa shape index (κ2) is 8.73. The van der Waals surface area contributed by atoms with E-state index in [9.17, 15) is 14.4 Å². The summed E-state index contributed by atoms with van der Waals surface area (Å²) in [6.07, 6.45) is 0.933. The van der Waals surface area contributed by atoms with Crippen LogP contribution in [0.25, 0.3) is 11.0 Å². The Kier molecular flexibility index (Phi) is 6.12.